The van der Waals surface area contributed by atoms with Gasteiger partial charge in [-0.15, -0.1) is 0 Å². The SMILES string of the molecule is Cc1cc(N2CCCC(C)(C)C2)c(Br)cc1N. The highest BCUT2D eigenvalue weighted by atomic mass is 79.9. The van der Waals surface area contributed by atoms with Gasteiger partial charge in [-0.2, -0.15) is 0 Å². The molecule has 2 N–H and O–H groups in total. The van der Waals surface area contributed by atoms with Gasteiger partial charge < -0.3 is 10.6 Å². The average molecular weight is 297 g/mol. The maximum absolute atomic E-state index is 5.92. The van der Waals surface area contributed by atoms with E-state index in [1.165, 1.54) is 18.5 Å². The van der Waals surface area contributed by atoms with E-state index in [2.05, 4.69) is 47.7 Å². The van der Waals surface area contributed by atoms with Gasteiger partial charge >= 0.3 is 0 Å². The number of hydrogen-bond acceptors (Lipinski definition) is 2. The number of benzene rings is 1. The average Bonchev–Trinajstić information content (AvgIpc) is 2.22. The Morgan fingerprint density at radius 1 is 1.35 bits per heavy atom. The van der Waals surface area contributed by atoms with Crippen molar-refractivity contribution in [1.82, 2.24) is 0 Å². The third-order valence-electron chi connectivity index (χ3n) is 3.58. The van der Waals surface area contributed by atoms with E-state index in [1.54, 1.807) is 0 Å². The van der Waals surface area contributed by atoms with Gasteiger partial charge in [-0.25, -0.2) is 0 Å². The van der Waals surface area contributed by atoms with Gasteiger partial charge in [0, 0.05) is 23.2 Å². The first-order chi connectivity index (χ1) is 7.89. The second kappa shape index (κ2) is 4.52. The third kappa shape index (κ3) is 2.76. The lowest BCUT2D eigenvalue weighted by Crippen LogP contribution is -2.40. The zero-order valence-electron chi connectivity index (χ0n) is 10.9. The second-order valence-electron chi connectivity index (χ2n) is 5.85. The lowest BCUT2D eigenvalue weighted by atomic mass is 9.84. The van der Waals surface area contributed by atoms with Gasteiger partial charge in [-0.3, -0.25) is 0 Å². The highest BCUT2D eigenvalue weighted by Crippen LogP contribution is 2.36. The summed E-state index contributed by atoms with van der Waals surface area (Å²) < 4.78 is 1.11. The van der Waals surface area contributed by atoms with E-state index in [-0.39, 0.29) is 0 Å². The van der Waals surface area contributed by atoms with Crippen molar-refractivity contribution in [2.45, 2.75) is 33.6 Å². The molecule has 3 heteroatoms. The highest BCUT2D eigenvalue weighted by Gasteiger charge is 2.27. The maximum Gasteiger partial charge on any atom is 0.0515 e. The Morgan fingerprint density at radius 3 is 2.71 bits per heavy atom. The van der Waals surface area contributed by atoms with Gasteiger partial charge in [0.2, 0.25) is 0 Å². The molecule has 1 aliphatic rings. The summed E-state index contributed by atoms with van der Waals surface area (Å²) >= 11 is 3.63. The van der Waals surface area contributed by atoms with Crippen LogP contribution in [-0.2, 0) is 0 Å². The summed E-state index contributed by atoms with van der Waals surface area (Å²) in [6.07, 6.45) is 2.58. The molecule has 0 atom stereocenters. The van der Waals surface area contributed by atoms with Gasteiger partial charge in [0.05, 0.1) is 5.69 Å². The van der Waals surface area contributed by atoms with Gasteiger partial charge in [-0.05, 0) is 58.8 Å². The summed E-state index contributed by atoms with van der Waals surface area (Å²) in [6.45, 7) is 9.02. The van der Waals surface area contributed by atoms with E-state index in [4.69, 9.17) is 5.73 Å². The number of nitrogens with zero attached hydrogens (tertiary/aromatic N) is 1. The first kappa shape index (κ1) is 12.7. The van der Waals surface area contributed by atoms with Crippen molar-refractivity contribution >= 4 is 27.3 Å². The Hall–Kier alpha value is -0.700. The zero-order chi connectivity index (χ0) is 12.6. The van der Waals surface area contributed by atoms with E-state index < -0.39 is 0 Å². The molecule has 1 saturated heterocycles. The van der Waals surface area contributed by atoms with Crippen LogP contribution < -0.4 is 10.6 Å². The number of aryl methyl sites for hydroxylation is 1. The molecule has 0 saturated carbocycles. The van der Waals surface area contributed by atoms with E-state index in [1.807, 2.05) is 6.07 Å². The topological polar surface area (TPSA) is 29.3 Å². The van der Waals surface area contributed by atoms with Crippen molar-refractivity contribution in [2.24, 2.45) is 5.41 Å². The van der Waals surface area contributed by atoms with Crippen LogP contribution in [0.15, 0.2) is 16.6 Å². The highest BCUT2D eigenvalue weighted by molar-refractivity contribution is 9.10. The van der Waals surface area contributed by atoms with Crippen LogP contribution in [-0.4, -0.2) is 13.1 Å². The monoisotopic (exact) mass is 296 g/mol. The smallest absolute Gasteiger partial charge is 0.0515 e. The molecule has 1 heterocycles. The lowest BCUT2D eigenvalue weighted by molar-refractivity contribution is 0.293. The van der Waals surface area contributed by atoms with E-state index in [9.17, 15) is 0 Å². The van der Waals surface area contributed by atoms with E-state index >= 15 is 0 Å². The fourth-order valence-corrected chi connectivity index (χ4v) is 3.16. The summed E-state index contributed by atoms with van der Waals surface area (Å²) in [4.78, 5) is 2.47. The number of halogens is 1. The van der Waals surface area contributed by atoms with Crippen LogP contribution in [0.5, 0.6) is 0 Å². The molecule has 0 aromatic heterocycles. The summed E-state index contributed by atoms with van der Waals surface area (Å²) in [7, 11) is 0. The predicted octanol–water partition coefficient (Wildman–Crippen LogP) is 3.97. The number of rotatable bonds is 1. The molecule has 94 valence electrons. The summed E-state index contributed by atoms with van der Waals surface area (Å²) in [5.41, 5.74) is 9.63. The van der Waals surface area contributed by atoms with Crippen molar-refractivity contribution in [1.29, 1.82) is 0 Å². The molecular formula is C14H21BrN2. The molecule has 0 spiro atoms. The Balaban J connectivity index is 2.31. The number of nitrogen functional groups attached to an aromatic ring is 1. The number of piperidine rings is 1. The van der Waals surface area contributed by atoms with Crippen LogP contribution in [0.1, 0.15) is 32.3 Å². The van der Waals surface area contributed by atoms with Gasteiger partial charge in [-0.1, -0.05) is 13.8 Å². The van der Waals surface area contributed by atoms with Crippen LogP contribution in [0.2, 0.25) is 0 Å². The quantitative estimate of drug-likeness (QED) is 0.795. The molecule has 1 aliphatic heterocycles. The lowest BCUT2D eigenvalue weighted by Gasteiger charge is -2.40. The van der Waals surface area contributed by atoms with E-state index in [0.29, 0.717) is 5.41 Å². The second-order valence-corrected chi connectivity index (χ2v) is 6.70. The van der Waals surface area contributed by atoms with Crippen molar-refractivity contribution in [2.75, 3.05) is 23.7 Å². The largest absolute Gasteiger partial charge is 0.398 e. The Morgan fingerprint density at radius 2 is 2.06 bits per heavy atom. The Bertz CT molecular complexity index is 426. The molecule has 0 aliphatic carbocycles. The van der Waals surface area contributed by atoms with Crippen LogP contribution in [0.3, 0.4) is 0 Å². The zero-order valence-corrected chi connectivity index (χ0v) is 12.5. The van der Waals surface area contributed by atoms with Crippen molar-refractivity contribution in [3.8, 4) is 0 Å². The third-order valence-corrected chi connectivity index (χ3v) is 4.21. The standard InChI is InChI=1S/C14H21BrN2/c1-10-7-13(11(15)8-12(10)16)17-6-4-5-14(2,3)9-17/h7-8H,4-6,9,16H2,1-3H3. The van der Waals surface area contributed by atoms with Crippen LogP contribution >= 0.6 is 15.9 Å². The summed E-state index contributed by atoms with van der Waals surface area (Å²) in [6, 6.07) is 4.22. The minimum atomic E-state index is 0.410. The Kier molecular flexibility index (Phi) is 3.39. The van der Waals surface area contributed by atoms with Crippen molar-refractivity contribution in [3.05, 3.63) is 22.2 Å². The first-order valence-corrected chi connectivity index (χ1v) is 6.99. The number of nitrogens with two attached hydrogens (primary N) is 1. The fraction of sp³-hybridized carbons (Fsp3) is 0.571. The molecule has 0 bridgehead atoms. The van der Waals surface area contributed by atoms with Crippen molar-refractivity contribution < 1.29 is 0 Å². The molecule has 2 nitrogen and oxygen atoms in total. The summed E-state index contributed by atoms with van der Waals surface area (Å²) in [5, 5.41) is 0. The van der Waals surface area contributed by atoms with Crippen molar-refractivity contribution in [3.63, 3.8) is 0 Å². The minimum Gasteiger partial charge on any atom is -0.398 e. The Labute approximate surface area is 112 Å². The first-order valence-electron chi connectivity index (χ1n) is 6.20. The predicted molar refractivity (Wildman–Crippen MR) is 78.5 cm³/mol. The minimum absolute atomic E-state index is 0.410. The molecule has 0 radical (unpaired) electrons. The number of hydrogen-bond donors (Lipinski definition) is 1. The van der Waals surface area contributed by atoms with Crippen LogP contribution in [0.4, 0.5) is 11.4 Å². The molecule has 0 unspecified atom stereocenters. The molecule has 2 rings (SSSR count). The fourth-order valence-electron chi connectivity index (χ4n) is 2.55. The van der Waals surface area contributed by atoms with Gasteiger partial charge in [0.15, 0.2) is 0 Å². The van der Waals surface area contributed by atoms with Crippen LogP contribution in [0, 0.1) is 12.3 Å². The number of anilines is 2. The van der Waals surface area contributed by atoms with Gasteiger partial charge in [0.1, 0.15) is 0 Å². The summed E-state index contributed by atoms with van der Waals surface area (Å²) in [5.74, 6) is 0. The van der Waals surface area contributed by atoms with Gasteiger partial charge in [0.25, 0.3) is 0 Å². The molecular weight excluding hydrogens is 276 g/mol. The molecule has 1 aromatic rings. The van der Waals surface area contributed by atoms with Crippen LogP contribution in [0.25, 0.3) is 0 Å². The molecule has 1 fully saturated rings. The van der Waals surface area contributed by atoms with E-state index in [0.717, 1.165) is 28.8 Å². The maximum atomic E-state index is 5.92. The normalized spacial score (nSPS) is 19.4. The molecule has 0 amide bonds. The molecule has 1 aromatic carbocycles. The molecule has 17 heavy (non-hydrogen) atoms.